The third-order valence-electron chi connectivity index (χ3n) is 4.79. The van der Waals surface area contributed by atoms with Gasteiger partial charge in [-0.1, -0.05) is 12.1 Å². The van der Waals surface area contributed by atoms with Gasteiger partial charge in [0.2, 0.25) is 0 Å². The molecule has 1 fully saturated rings. The molecule has 1 aromatic carbocycles. The maximum Gasteiger partial charge on any atom is 0.335 e. The number of carboxylic acids is 1. The summed E-state index contributed by atoms with van der Waals surface area (Å²) in [7, 11) is 0. The summed E-state index contributed by atoms with van der Waals surface area (Å²) in [5.41, 5.74) is 3.31. The van der Waals surface area contributed by atoms with Crippen molar-refractivity contribution in [3.8, 4) is 10.6 Å². The summed E-state index contributed by atoms with van der Waals surface area (Å²) in [5.74, 6) is -0.395. The highest BCUT2D eigenvalue weighted by atomic mass is 32.1. The van der Waals surface area contributed by atoms with Crippen LogP contribution in [0.15, 0.2) is 35.0 Å². The molecule has 3 aromatic rings. The SMILES string of the molecule is Cc1csc(C2CCCN(Cc3csc(-c4cccc(C(=O)O)c4)n3)C2)n1. The zero-order chi connectivity index (χ0) is 18.8. The maximum atomic E-state index is 11.2. The minimum Gasteiger partial charge on any atom is -0.478 e. The van der Waals surface area contributed by atoms with Crippen molar-refractivity contribution >= 4 is 28.6 Å². The van der Waals surface area contributed by atoms with Crippen molar-refractivity contribution < 1.29 is 9.90 Å². The number of carboxylic acid groups (broad SMARTS) is 1. The number of aromatic nitrogens is 2. The Bertz CT molecular complexity index is 950. The number of likely N-dealkylation sites (tertiary alicyclic amines) is 1. The summed E-state index contributed by atoms with van der Waals surface area (Å²) in [4.78, 5) is 23.0. The molecule has 4 rings (SSSR count). The molecular formula is C20H21N3O2S2. The normalized spacial score (nSPS) is 17.9. The predicted molar refractivity (Wildman–Crippen MR) is 109 cm³/mol. The molecule has 1 aliphatic rings. The van der Waals surface area contributed by atoms with Gasteiger partial charge in [0.15, 0.2) is 0 Å². The Morgan fingerprint density at radius 1 is 1.30 bits per heavy atom. The molecule has 0 saturated carbocycles. The summed E-state index contributed by atoms with van der Waals surface area (Å²) in [6, 6.07) is 6.98. The number of hydrogen-bond donors (Lipinski definition) is 1. The average Bonchev–Trinajstić information content (AvgIpc) is 3.31. The van der Waals surface area contributed by atoms with Crippen LogP contribution in [0, 0.1) is 6.92 Å². The fourth-order valence-electron chi connectivity index (χ4n) is 3.49. The lowest BCUT2D eigenvalue weighted by Crippen LogP contribution is -2.33. The number of rotatable bonds is 5. The molecule has 1 unspecified atom stereocenters. The van der Waals surface area contributed by atoms with E-state index in [1.165, 1.54) is 17.8 Å². The van der Waals surface area contributed by atoms with E-state index in [1.54, 1.807) is 40.9 Å². The van der Waals surface area contributed by atoms with Gasteiger partial charge in [-0.25, -0.2) is 14.8 Å². The highest BCUT2D eigenvalue weighted by Crippen LogP contribution is 2.31. The smallest absolute Gasteiger partial charge is 0.335 e. The molecule has 0 aliphatic carbocycles. The lowest BCUT2D eigenvalue weighted by atomic mass is 9.98. The van der Waals surface area contributed by atoms with Crippen LogP contribution in [0.1, 0.15) is 45.5 Å². The number of benzene rings is 1. The fourth-order valence-corrected chi connectivity index (χ4v) is 5.22. The number of thiazole rings is 2. The molecule has 0 amide bonds. The number of hydrogen-bond acceptors (Lipinski definition) is 6. The van der Waals surface area contributed by atoms with Crippen LogP contribution in [0.5, 0.6) is 0 Å². The van der Waals surface area contributed by atoms with Crippen molar-refractivity contribution in [2.24, 2.45) is 0 Å². The van der Waals surface area contributed by atoms with Crippen LogP contribution in [0.25, 0.3) is 10.6 Å². The Morgan fingerprint density at radius 3 is 2.96 bits per heavy atom. The molecule has 1 aliphatic heterocycles. The number of carbonyl (C=O) groups is 1. The van der Waals surface area contributed by atoms with Crippen molar-refractivity contribution in [3.05, 3.63) is 57.0 Å². The fraction of sp³-hybridized carbons (Fsp3) is 0.350. The van der Waals surface area contributed by atoms with E-state index in [2.05, 4.69) is 27.6 Å². The van der Waals surface area contributed by atoms with Gasteiger partial charge in [0.25, 0.3) is 0 Å². The van der Waals surface area contributed by atoms with Crippen molar-refractivity contribution in [2.45, 2.75) is 32.2 Å². The third kappa shape index (κ3) is 4.26. The summed E-state index contributed by atoms with van der Waals surface area (Å²) in [6.07, 6.45) is 2.38. The molecule has 140 valence electrons. The highest BCUT2D eigenvalue weighted by molar-refractivity contribution is 7.13. The Kier molecular flexibility index (Phi) is 5.33. The topological polar surface area (TPSA) is 66.3 Å². The number of nitrogens with zero attached hydrogens (tertiary/aromatic N) is 3. The predicted octanol–water partition coefficient (Wildman–Crippen LogP) is 4.65. The standard InChI is InChI=1S/C20H21N3O2S2/c1-13-11-26-19(21-13)16-6-3-7-23(9-16)10-17-12-27-18(22-17)14-4-2-5-15(8-14)20(24)25/h2,4-5,8,11-12,16H,3,6-7,9-10H2,1H3,(H,24,25). The van der Waals surface area contributed by atoms with Gasteiger partial charge in [0.1, 0.15) is 5.01 Å². The van der Waals surface area contributed by atoms with Crippen molar-refractivity contribution in [1.29, 1.82) is 0 Å². The maximum absolute atomic E-state index is 11.2. The second-order valence-corrected chi connectivity index (χ2v) is 8.68. The van der Waals surface area contributed by atoms with E-state index in [0.29, 0.717) is 11.5 Å². The van der Waals surface area contributed by atoms with Gasteiger partial charge in [0.05, 0.1) is 16.3 Å². The summed E-state index contributed by atoms with van der Waals surface area (Å²) in [5, 5.41) is 15.5. The first-order valence-electron chi connectivity index (χ1n) is 9.01. The van der Waals surface area contributed by atoms with Crippen molar-refractivity contribution in [3.63, 3.8) is 0 Å². The average molecular weight is 400 g/mol. The minimum absolute atomic E-state index is 0.293. The minimum atomic E-state index is -0.912. The first kappa shape index (κ1) is 18.3. The molecule has 7 heteroatoms. The van der Waals surface area contributed by atoms with E-state index in [9.17, 15) is 9.90 Å². The van der Waals surface area contributed by atoms with E-state index < -0.39 is 5.97 Å². The number of aromatic carboxylic acids is 1. The van der Waals surface area contributed by atoms with Crippen molar-refractivity contribution in [1.82, 2.24) is 14.9 Å². The summed E-state index contributed by atoms with van der Waals surface area (Å²) >= 11 is 3.34. The van der Waals surface area contributed by atoms with Gasteiger partial charge in [-0.2, -0.15) is 0 Å². The Hall–Kier alpha value is -2.09. The highest BCUT2D eigenvalue weighted by Gasteiger charge is 2.24. The van der Waals surface area contributed by atoms with E-state index >= 15 is 0 Å². The van der Waals surface area contributed by atoms with Gasteiger partial charge in [-0.05, 0) is 38.4 Å². The van der Waals surface area contributed by atoms with Crippen LogP contribution in [0.4, 0.5) is 0 Å². The van der Waals surface area contributed by atoms with Gasteiger partial charge in [-0.15, -0.1) is 22.7 Å². The van der Waals surface area contributed by atoms with E-state index in [0.717, 1.165) is 41.6 Å². The number of piperidine rings is 1. The largest absolute Gasteiger partial charge is 0.478 e. The Balaban J connectivity index is 1.44. The monoisotopic (exact) mass is 399 g/mol. The quantitative estimate of drug-likeness (QED) is 0.676. The molecule has 0 spiro atoms. The van der Waals surface area contributed by atoms with Gasteiger partial charge in [0, 0.05) is 41.0 Å². The second kappa shape index (κ2) is 7.88. The molecule has 1 N–H and O–H groups in total. The molecule has 1 saturated heterocycles. The van der Waals surface area contributed by atoms with Crippen LogP contribution >= 0.6 is 22.7 Å². The zero-order valence-electron chi connectivity index (χ0n) is 15.1. The summed E-state index contributed by atoms with van der Waals surface area (Å²) < 4.78 is 0. The van der Waals surface area contributed by atoms with Crippen molar-refractivity contribution in [2.75, 3.05) is 13.1 Å². The Morgan fingerprint density at radius 2 is 2.19 bits per heavy atom. The van der Waals surface area contributed by atoms with E-state index in [4.69, 9.17) is 4.98 Å². The first-order chi connectivity index (χ1) is 13.1. The zero-order valence-corrected chi connectivity index (χ0v) is 16.7. The van der Waals surface area contributed by atoms with Crippen LogP contribution in [0.3, 0.4) is 0 Å². The van der Waals surface area contributed by atoms with E-state index in [-0.39, 0.29) is 0 Å². The lowest BCUT2D eigenvalue weighted by Gasteiger charge is -2.31. The van der Waals surface area contributed by atoms with Gasteiger partial charge in [-0.3, -0.25) is 4.90 Å². The molecule has 27 heavy (non-hydrogen) atoms. The molecule has 0 bridgehead atoms. The molecule has 1 atom stereocenters. The van der Waals surface area contributed by atoms with Crippen LogP contribution < -0.4 is 0 Å². The van der Waals surface area contributed by atoms with Gasteiger partial charge < -0.3 is 5.11 Å². The first-order valence-corrected chi connectivity index (χ1v) is 10.8. The van der Waals surface area contributed by atoms with Crippen LogP contribution in [-0.4, -0.2) is 39.0 Å². The lowest BCUT2D eigenvalue weighted by molar-refractivity contribution is 0.0697. The summed E-state index contributed by atoms with van der Waals surface area (Å²) in [6.45, 7) is 4.99. The Labute approximate surface area is 166 Å². The third-order valence-corrected chi connectivity index (χ3v) is 6.85. The molecule has 5 nitrogen and oxygen atoms in total. The van der Waals surface area contributed by atoms with E-state index in [1.807, 2.05) is 6.07 Å². The number of aryl methyl sites for hydroxylation is 1. The van der Waals surface area contributed by atoms with Crippen LogP contribution in [-0.2, 0) is 6.54 Å². The molecular weight excluding hydrogens is 378 g/mol. The molecule has 3 heterocycles. The molecule has 0 radical (unpaired) electrons. The van der Waals surface area contributed by atoms with Crippen LogP contribution in [0.2, 0.25) is 0 Å². The second-order valence-electron chi connectivity index (χ2n) is 6.93. The molecule has 2 aromatic heterocycles. The van der Waals surface area contributed by atoms with Gasteiger partial charge >= 0.3 is 5.97 Å².